The molecule has 1 amide bonds. The van der Waals surface area contributed by atoms with Gasteiger partial charge in [-0.2, -0.15) is 0 Å². The van der Waals surface area contributed by atoms with Crippen LogP contribution in [0.5, 0.6) is 0 Å². The molecule has 0 spiro atoms. The summed E-state index contributed by atoms with van der Waals surface area (Å²) in [6.45, 7) is 2.94. The molecule has 0 aliphatic carbocycles. The van der Waals surface area contributed by atoms with Crippen molar-refractivity contribution in [2.75, 3.05) is 29.6 Å². The van der Waals surface area contributed by atoms with E-state index in [1.54, 1.807) is 16.7 Å². The molecule has 0 atom stereocenters. The molecular formula is C17H20N2OS. The molecule has 2 aromatic carbocycles. The normalized spacial score (nSPS) is 10.2. The van der Waals surface area contributed by atoms with Gasteiger partial charge in [-0.3, -0.25) is 4.79 Å². The molecule has 1 N–H and O–H groups in total. The quantitative estimate of drug-likeness (QED) is 0.822. The largest absolute Gasteiger partial charge is 0.375 e. The van der Waals surface area contributed by atoms with E-state index in [0.717, 1.165) is 16.3 Å². The fourth-order valence-corrected chi connectivity index (χ4v) is 2.74. The van der Waals surface area contributed by atoms with Gasteiger partial charge in [-0.25, -0.2) is 0 Å². The molecule has 2 rings (SSSR count). The Bertz CT molecular complexity index is 586. The number of nitrogens with zero attached hydrogens (tertiary/aromatic N) is 1. The second kappa shape index (κ2) is 7.74. The van der Waals surface area contributed by atoms with E-state index in [2.05, 4.69) is 5.32 Å². The van der Waals surface area contributed by atoms with Crippen LogP contribution in [-0.2, 0) is 4.79 Å². The van der Waals surface area contributed by atoms with Gasteiger partial charge >= 0.3 is 0 Å². The SMILES string of the molecule is CCN(C(=O)CNc1ccccc1SC)c1ccccc1. The van der Waals surface area contributed by atoms with Crippen LogP contribution in [0.4, 0.5) is 11.4 Å². The zero-order chi connectivity index (χ0) is 15.1. The van der Waals surface area contributed by atoms with E-state index in [9.17, 15) is 4.79 Å². The number of benzene rings is 2. The topological polar surface area (TPSA) is 32.3 Å². The van der Waals surface area contributed by atoms with Crippen molar-refractivity contribution < 1.29 is 4.79 Å². The van der Waals surface area contributed by atoms with Crippen molar-refractivity contribution in [3.8, 4) is 0 Å². The molecule has 0 bridgehead atoms. The molecule has 0 saturated heterocycles. The Kier molecular flexibility index (Phi) is 5.69. The number of nitrogens with one attached hydrogen (secondary N) is 1. The minimum Gasteiger partial charge on any atom is -0.375 e. The van der Waals surface area contributed by atoms with Crippen LogP contribution in [0, 0.1) is 0 Å². The van der Waals surface area contributed by atoms with E-state index in [-0.39, 0.29) is 5.91 Å². The first kappa shape index (κ1) is 15.4. The maximum absolute atomic E-state index is 12.4. The molecule has 0 heterocycles. The highest BCUT2D eigenvalue weighted by Gasteiger charge is 2.13. The number of carbonyl (C=O) groups is 1. The zero-order valence-corrected chi connectivity index (χ0v) is 13.2. The number of para-hydroxylation sites is 2. The van der Waals surface area contributed by atoms with Crippen molar-refractivity contribution in [2.24, 2.45) is 0 Å². The second-order valence-corrected chi connectivity index (χ2v) is 5.38. The van der Waals surface area contributed by atoms with Crippen LogP contribution in [0.2, 0.25) is 0 Å². The highest BCUT2D eigenvalue weighted by molar-refractivity contribution is 7.98. The maximum atomic E-state index is 12.4. The summed E-state index contributed by atoms with van der Waals surface area (Å²) in [5.74, 6) is 0.0691. The number of carbonyl (C=O) groups excluding carboxylic acids is 1. The summed E-state index contributed by atoms with van der Waals surface area (Å²) in [5.41, 5.74) is 1.94. The third-order valence-electron chi connectivity index (χ3n) is 3.22. The minimum atomic E-state index is 0.0691. The number of likely N-dealkylation sites (N-methyl/N-ethyl adjacent to an activating group) is 1. The summed E-state index contributed by atoms with van der Waals surface area (Å²) < 4.78 is 0. The molecule has 0 aliphatic heterocycles. The molecule has 21 heavy (non-hydrogen) atoms. The Labute approximate surface area is 130 Å². The lowest BCUT2D eigenvalue weighted by molar-refractivity contribution is -0.116. The summed E-state index contributed by atoms with van der Waals surface area (Å²) in [6, 6.07) is 17.8. The fourth-order valence-electron chi connectivity index (χ4n) is 2.17. The molecule has 0 fully saturated rings. The van der Waals surface area contributed by atoms with Gasteiger partial charge in [-0.05, 0) is 37.4 Å². The molecule has 0 aromatic heterocycles. The Morgan fingerprint density at radius 3 is 2.43 bits per heavy atom. The van der Waals surface area contributed by atoms with Crippen LogP contribution in [-0.4, -0.2) is 25.3 Å². The lowest BCUT2D eigenvalue weighted by atomic mass is 10.2. The monoisotopic (exact) mass is 300 g/mol. The highest BCUT2D eigenvalue weighted by atomic mass is 32.2. The molecule has 0 unspecified atom stereocenters. The molecule has 110 valence electrons. The molecule has 2 aromatic rings. The third kappa shape index (κ3) is 4.02. The van der Waals surface area contributed by atoms with Crippen molar-refractivity contribution in [3.63, 3.8) is 0 Å². The first-order chi connectivity index (χ1) is 10.3. The van der Waals surface area contributed by atoms with E-state index in [1.807, 2.05) is 67.8 Å². The summed E-state index contributed by atoms with van der Waals surface area (Å²) in [4.78, 5) is 15.3. The molecule has 4 heteroatoms. The number of amides is 1. The molecule has 3 nitrogen and oxygen atoms in total. The summed E-state index contributed by atoms with van der Waals surface area (Å²) in [7, 11) is 0. The van der Waals surface area contributed by atoms with Gasteiger partial charge in [0.2, 0.25) is 5.91 Å². The first-order valence-electron chi connectivity index (χ1n) is 6.98. The number of hydrogen-bond acceptors (Lipinski definition) is 3. The van der Waals surface area contributed by atoms with Crippen molar-refractivity contribution in [1.29, 1.82) is 0 Å². The lowest BCUT2D eigenvalue weighted by Gasteiger charge is -2.21. The van der Waals surface area contributed by atoms with Gasteiger partial charge in [0.25, 0.3) is 0 Å². The fraction of sp³-hybridized carbons (Fsp3) is 0.235. The molecular weight excluding hydrogens is 280 g/mol. The van der Waals surface area contributed by atoms with E-state index in [0.29, 0.717) is 13.1 Å². The third-order valence-corrected chi connectivity index (χ3v) is 4.02. The minimum absolute atomic E-state index is 0.0691. The van der Waals surface area contributed by atoms with E-state index in [4.69, 9.17) is 0 Å². The Morgan fingerprint density at radius 2 is 1.76 bits per heavy atom. The lowest BCUT2D eigenvalue weighted by Crippen LogP contribution is -2.35. The standard InChI is InChI=1S/C17H20N2OS/c1-3-19(14-9-5-4-6-10-14)17(20)13-18-15-11-7-8-12-16(15)21-2/h4-12,18H,3,13H2,1-2H3. The van der Waals surface area contributed by atoms with Crippen molar-refractivity contribution in [1.82, 2.24) is 0 Å². The molecule has 0 radical (unpaired) electrons. The first-order valence-corrected chi connectivity index (χ1v) is 8.21. The second-order valence-electron chi connectivity index (χ2n) is 4.53. The van der Waals surface area contributed by atoms with Crippen LogP contribution in [0.3, 0.4) is 0 Å². The van der Waals surface area contributed by atoms with Crippen molar-refractivity contribution >= 4 is 29.0 Å². The van der Waals surface area contributed by atoms with E-state index >= 15 is 0 Å². The van der Waals surface area contributed by atoms with E-state index < -0.39 is 0 Å². The van der Waals surface area contributed by atoms with Gasteiger partial charge in [0.1, 0.15) is 0 Å². The van der Waals surface area contributed by atoms with Crippen LogP contribution >= 0.6 is 11.8 Å². The Hall–Kier alpha value is -1.94. The van der Waals surface area contributed by atoms with Gasteiger partial charge in [0, 0.05) is 22.8 Å². The van der Waals surface area contributed by atoms with Gasteiger partial charge in [0.15, 0.2) is 0 Å². The average molecular weight is 300 g/mol. The predicted octanol–water partition coefficient (Wildman–Crippen LogP) is 3.87. The molecule has 0 aliphatic rings. The number of rotatable bonds is 6. The van der Waals surface area contributed by atoms with Gasteiger partial charge < -0.3 is 10.2 Å². The summed E-state index contributed by atoms with van der Waals surface area (Å²) >= 11 is 1.67. The number of thioether (sulfide) groups is 1. The van der Waals surface area contributed by atoms with Crippen LogP contribution in [0.25, 0.3) is 0 Å². The van der Waals surface area contributed by atoms with Crippen LogP contribution < -0.4 is 10.2 Å². The van der Waals surface area contributed by atoms with Gasteiger partial charge in [-0.15, -0.1) is 11.8 Å². The highest BCUT2D eigenvalue weighted by Crippen LogP contribution is 2.24. The van der Waals surface area contributed by atoms with Crippen molar-refractivity contribution in [2.45, 2.75) is 11.8 Å². The van der Waals surface area contributed by atoms with E-state index in [1.165, 1.54) is 0 Å². The smallest absolute Gasteiger partial charge is 0.246 e. The number of hydrogen-bond donors (Lipinski definition) is 1. The predicted molar refractivity (Wildman–Crippen MR) is 91.2 cm³/mol. The molecule has 0 saturated carbocycles. The van der Waals surface area contributed by atoms with Crippen LogP contribution in [0.15, 0.2) is 59.5 Å². The number of anilines is 2. The Balaban J connectivity index is 2.03. The average Bonchev–Trinajstić information content (AvgIpc) is 2.55. The Morgan fingerprint density at radius 1 is 1.10 bits per heavy atom. The van der Waals surface area contributed by atoms with Crippen molar-refractivity contribution in [3.05, 3.63) is 54.6 Å². The zero-order valence-electron chi connectivity index (χ0n) is 12.4. The van der Waals surface area contributed by atoms with Gasteiger partial charge in [0.05, 0.1) is 6.54 Å². The maximum Gasteiger partial charge on any atom is 0.246 e. The summed E-state index contributed by atoms with van der Waals surface area (Å²) in [6.07, 6.45) is 2.03. The summed E-state index contributed by atoms with van der Waals surface area (Å²) in [5, 5.41) is 3.24. The van der Waals surface area contributed by atoms with Crippen LogP contribution in [0.1, 0.15) is 6.92 Å². The van der Waals surface area contributed by atoms with Gasteiger partial charge in [-0.1, -0.05) is 30.3 Å².